The van der Waals surface area contributed by atoms with Crippen molar-refractivity contribution in [2.75, 3.05) is 38.0 Å². The molecular weight excluding hydrogens is 338 g/mol. The molecule has 8 nitrogen and oxygen atoms in total. The number of nitrogens with zero attached hydrogens (tertiary/aromatic N) is 6. The number of rotatable bonds is 2. The van der Waals surface area contributed by atoms with Crippen LogP contribution in [0, 0.1) is 22.9 Å². The lowest BCUT2D eigenvalue weighted by atomic mass is 10.3. The lowest BCUT2D eigenvalue weighted by Crippen LogP contribution is -2.39. The van der Waals surface area contributed by atoms with Crippen molar-refractivity contribution in [1.29, 1.82) is 10.5 Å². The Morgan fingerprint density at radius 3 is 1.19 bits per heavy atom. The molecule has 0 aliphatic heterocycles. The van der Waals surface area contributed by atoms with Crippen molar-refractivity contribution in [3.8, 4) is 12.4 Å². The standard InChI is InChI=1S/2C8H10N3.BFO2/c2*1-10(2)8-3-5-11(7-9)6-4-8;2-1(3)4/h2*3-6H,1-2H3;/q2*+1;-2. The van der Waals surface area contributed by atoms with E-state index in [1.807, 2.05) is 74.6 Å². The summed E-state index contributed by atoms with van der Waals surface area (Å²) in [4.78, 5) is 3.98. The van der Waals surface area contributed by atoms with Crippen LogP contribution < -0.4 is 29.0 Å². The molecule has 10 heteroatoms. The topological polar surface area (TPSA) is 108 Å². The fraction of sp³-hybridized carbons (Fsp3) is 0.250. The first-order valence-corrected chi connectivity index (χ1v) is 7.34. The summed E-state index contributed by atoms with van der Waals surface area (Å²) in [5.74, 6) is 0. The van der Waals surface area contributed by atoms with E-state index in [1.54, 1.807) is 24.8 Å². The molecule has 0 saturated heterocycles. The number of halogens is 1. The van der Waals surface area contributed by atoms with Crippen molar-refractivity contribution in [2.24, 2.45) is 0 Å². The Morgan fingerprint density at radius 2 is 1.04 bits per heavy atom. The number of hydrogen-bond acceptors (Lipinski definition) is 6. The minimum atomic E-state index is -3.17. The second-order valence-electron chi connectivity index (χ2n) is 5.19. The van der Waals surface area contributed by atoms with E-state index in [1.165, 1.54) is 9.13 Å². The molecule has 0 N–H and O–H groups in total. The Bertz CT molecular complexity index is 660. The van der Waals surface area contributed by atoms with Crippen LogP contribution in [0.3, 0.4) is 0 Å². The summed E-state index contributed by atoms with van der Waals surface area (Å²) in [7, 11) is 4.69. The van der Waals surface area contributed by atoms with Crippen molar-refractivity contribution in [3.05, 3.63) is 49.1 Å². The molecule has 0 fully saturated rings. The molecule has 0 amide bonds. The van der Waals surface area contributed by atoms with Gasteiger partial charge >= 0.3 is 12.4 Å². The van der Waals surface area contributed by atoms with Gasteiger partial charge in [-0.05, 0) is 0 Å². The Hall–Kier alpha value is -3.21. The Labute approximate surface area is 153 Å². The normalized spacial score (nSPS) is 8.50. The molecule has 0 spiro atoms. The van der Waals surface area contributed by atoms with Crippen LogP contribution in [-0.2, 0) is 0 Å². The van der Waals surface area contributed by atoms with E-state index >= 15 is 0 Å². The van der Waals surface area contributed by atoms with E-state index in [4.69, 9.17) is 20.6 Å². The van der Waals surface area contributed by atoms with Crippen LogP contribution >= 0.6 is 0 Å². The zero-order chi connectivity index (χ0) is 20.1. The lowest BCUT2D eigenvalue weighted by molar-refractivity contribution is -0.586. The first-order chi connectivity index (χ1) is 12.2. The van der Waals surface area contributed by atoms with E-state index < -0.39 is 7.40 Å². The predicted molar refractivity (Wildman–Crippen MR) is 90.8 cm³/mol. The smallest absolute Gasteiger partial charge is 0.463 e. The summed E-state index contributed by atoms with van der Waals surface area (Å²) in [6, 6.07) is 7.57. The number of pyridine rings is 2. The quantitative estimate of drug-likeness (QED) is 0.473. The van der Waals surface area contributed by atoms with Gasteiger partial charge in [-0.3, -0.25) is 0 Å². The van der Waals surface area contributed by atoms with Gasteiger partial charge in [0.25, 0.3) is 0 Å². The molecule has 2 heterocycles. The molecule has 2 aromatic rings. The molecule has 0 radical (unpaired) electrons. The molecule has 26 heavy (non-hydrogen) atoms. The van der Waals surface area contributed by atoms with E-state index in [9.17, 15) is 4.32 Å². The molecule has 0 unspecified atom stereocenters. The van der Waals surface area contributed by atoms with Gasteiger partial charge in [-0.1, -0.05) is 0 Å². The first-order valence-electron chi connectivity index (χ1n) is 7.34. The zero-order valence-electron chi connectivity index (χ0n) is 15.1. The van der Waals surface area contributed by atoms with Crippen molar-refractivity contribution in [2.45, 2.75) is 0 Å². The molecule has 0 bridgehead atoms. The molecule has 0 saturated carbocycles. The number of nitriles is 2. The average Bonchev–Trinajstić information content (AvgIpc) is 2.61. The van der Waals surface area contributed by atoms with E-state index in [0.29, 0.717) is 0 Å². The fourth-order valence-electron chi connectivity index (χ4n) is 1.57. The Morgan fingerprint density at radius 1 is 0.808 bits per heavy atom. The maximum absolute atomic E-state index is 9.89. The van der Waals surface area contributed by atoms with Gasteiger partial charge in [0.1, 0.15) is 32.2 Å². The molecular formula is C16H20BFN6O2. The highest BCUT2D eigenvalue weighted by Gasteiger charge is 1.97. The van der Waals surface area contributed by atoms with Crippen molar-refractivity contribution in [3.63, 3.8) is 0 Å². The highest BCUT2D eigenvalue weighted by molar-refractivity contribution is 6.27. The van der Waals surface area contributed by atoms with E-state index in [-0.39, 0.29) is 0 Å². The van der Waals surface area contributed by atoms with Gasteiger partial charge < -0.3 is 24.2 Å². The maximum atomic E-state index is 9.89. The molecule has 136 valence electrons. The maximum Gasteiger partial charge on any atom is 0.463 e. The van der Waals surface area contributed by atoms with Crippen molar-refractivity contribution < 1.29 is 23.5 Å². The third-order valence-corrected chi connectivity index (χ3v) is 2.89. The van der Waals surface area contributed by atoms with Crippen LogP contribution in [0.5, 0.6) is 0 Å². The van der Waals surface area contributed by atoms with Crippen LogP contribution in [0.15, 0.2) is 49.1 Å². The van der Waals surface area contributed by atoms with Crippen LogP contribution in [-0.4, -0.2) is 35.6 Å². The van der Waals surface area contributed by atoms with Crippen molar-refractivity contribution >= 4 is 18.8 Å². The summed E-state index contributed by atoms with van der Waals surface area (Å²) >= 11 is 0. The van der Waals surface area contributed by atoms with Crippen LogP contribution in [0.1, 0.15) is 0 Å². The summed E-state index contributed by atoms with van der Waals surface area (Å²) in [5, 5.41) is 33.5. The molecule has 0 atom stereocenters. The number of hydrogen-bond donors (Lipinski definition) is 0. The van der Waals surface area contributed by atoms with Crippen LogP contribution in [0.2, 0.25) is 0 Å². The van der Waals surface area contributed by atoms with Crippen LogP contribution in [0.4, 0.5) is 15.7 Å². The van der Waals surface area contributed by atoms with Gasteiger partial charge in [0.2, 0.25) is 0 Å². The van der Waals surface area contributed by atoms with Gasteiger partial charge in [0.15, 0.2) is 10.5 Å². The third-order valence-electron chi connectivity index (χ3n) is 2.89. The highest BCUT2D eigenvalue weighted by atomic mass is 19.1. The number of aromatic nitrogens is 2. The summed E-state index contributed by atoms with van der Waals surface area (Å²) in [6.07, 6.45) is 10.9. The minimum Gasteiger partial charge on any atom is -0.867 e. The second-order valence-corrected chi connectivity index (χ2v) is 5.19. The highest BCUT2D eigenvalue weighted by Crippen LogP contribution is 2.05. The molecule has 0 aliphatic carbocycles. The SMILES string of the molecule is CN(C)c1cc[n+](C#N)cc1.CN(C)c1cc[n+](C#N)cc1.[O-]B([O-])F. The Kier molecular flexibility index (Phi) is 10.7. The van der Waals surface area contributed by atoms with Gasteiger partial charge in [-0.25, -0.2) is 0 Å². The van der Waals surface area contributed by atoms with E-state index in [0.717, 1.165) is 11.4 Å². The summed E-state index contributed by atoms with van der Waals surface area (Å²) < 4.78 is 12.8. The second kappa shape index (κ2) is 12.2. The third kappa shape index (κ3) is 9.83. The lowest BCUT2D eigenvalue weighted by Gasteiger charge is -2.09. The van der Waals surface area contributed by atoms with E-state index in [2.05, 4.69) is 0 Å². The molecule has 0 aliphatic rings. The molecule has 2 aromatic heterocycles. The van der Waals surface area contributed by atoms with Crippen molar-refractivity contribution in [1.82, 2.24) is 0 Å². The van der Waals surface area contributed by atoms with Crippen LogP contribution in [0.25, 0.3) is 0 Å². The predicted octanol–water partition coefficient (Wildman–Crippen LogP) is -1.60. The molecule has 0 aromatic carbocycles. The zero-order valence-corrected chi connectivity index (χ0v) is 15.1. The molecule has 2 rings (SSSR count). The minimum absolute atomic E-state index is 1.09. The monoisotopic (exact) mass is 358 g/mol. The van der Waals surface area contributed by atoms with Gasteiger partial charge in [-0.15, -0.1) is 9.13 Å². The van der Waals surface area contributed by atoms with Gasteiger partial charge in [0.05, 0.1) is 0 Å². The fourth-order valence-corrected chi connectivity index (χ4v) is 1.57. The average molecular weight is 358 g/mol. The number of anilines is 2. The summed E-state index contributed by atoms with van der Waals surface area (Å²) in [6.45, 7) is 0. The Balaban J connectivity index is 0.000000401. The van der Waals surface area contributed by atoms with Gasteiger partial charge in [-0.2, -0.15) is 0 Å². The van der Waals surface area contributed by atoms with Gasteiger partial charge in [0, 0.05) is 63.8 Å². The summed E-state index contributed by atoms with van der Waals surface area (Å²) in [5.41, 5.74) is 2.19. The largest absolute Gasteiger partial charge is 0.867 e. The first kappa shape index (κ1) is 22.8.